The number of benzene rings is 1. The number of nitrogens with zero attached hydrogens (tertiary/aromatic N) is 1. The predicted molar refractivity (Wildman–Crippen MR) is 86.4 cm³/mol. The van der Waals surface area contributed by atoms with E-state index in [1.807, 2.05) is 30.3 Å². The summed E-state index contributed by atoms with van der Waals surface area (Å²) in [6, 6.07) is 9.95. The van der Waals surface area contributed by atoms with Crippen molar-refractivity contribution in [3.8, 4) is 11.3 Å². The molecule has 3 rings (SSSR count). The number of anilines is 1. The number of rotatable bonds is 5. The lowest BCUT2D eigenvalue weighted by Gasteiger charge is -2.08. The second-order valence-electron chi connectivity index (χ2n) is 5.34. The summed E-state index contributed by atoms with van der Waals surface area (Å²) in [5.41, 5.74) is 3.67. The van der Waals surface area contributed by atoms with Gasteiger partial charge in [-0.3, -0.25) is 4.79 Å². The molecule has 1 aromatic carbocycles. The Labute approximate surface area is 128 Å². The molecule has 4 nitrogen and oxygen atoms in total. The number of carbonyl (C=O) groups is 1. The number of thiazole rings is 1. The Balaban J connectivity index is 1.60. The van der Waals surface area contributed by atoms with Gasteiger partial charge in [0.1, 0.15) is 10.7 Å². The van der Waals surface area contributed by atoms with Gasteiger partial charge in [0.2, 0.25) is 5.91 Å². The lowest BCUT2D eigenvalue weighted by atomic mass is 10.0. The van der Waals surface area contributed by atoms with E-state index in [0.717, 1.165) is 35.8 Å². The van der Waals surface area contributed by atoms with Gasteiger partial charge in [-0.25, -0.2) is 4.98 Å². The van der Waals surface area contributed by atoms with Gasteiger partial charge in [0.15, 0.2) is 0 Å². The SMILES string of the molecule is O=C(CCC1CCNC1)Nc1scnc1-c1ccccc1. The molecule has 1 unspecified atom stereocenters. The summed E-state index contributed by atoms with van der Waals surface area (Å²) >= 11 is 1.48. The molecule has 0 radical (unpaired) electrons. The van der Waals surface area contributed by atoms with Crippen molar-refractivity contribution in [1.82, 2.24) is 10.3 Å². The zero-order valence-electron chi connectivity index (χ0n) is 11.8. The number of carbonyl (C=O) groups excluding carboxylic acids is 1. The molecule has 2 N–H and O–H groups in total. The second-order valence-corrected chi connectivity index (χ2v) is 6.20. The molecule has 21 heavy (non-hydrogen) atoms. The monoisotopic (exact) mass is 301 g/mol. The van der Waals surface area contributed by atoms with Gasteiger partial charge in [-0.15, -0.1) is 11.3 Å². The molecule has 0 spiro atoms. The second kappa shape index (κ2) is 6.83. The summed E-state index contributed by atoms with van der Waals surface area (Å²) in [5.74, 6) is 0.731. The summed E-state index contributed by atoms with van der Waals surface area (Å²) in [7, 11) is 0. The summed E-state index contributed by atoms with van der Waals surface area (Å²) in [5, 5.41) is 7.19. The fourth-order valence-corrected chi connectivity index (χ4v) is 3.34. The van der Waals surface area contributed by atoms with Crippen LogP contribution >= 0.6 is 11.3 Å². The van der Waals surface area contributed by atoms with E-state index in [-0.39, 0.29) is 5.91 Å². The van der Waals surface area contributed by atoms with Crippen LogP contribution in [0.2, 0.25) is 0 Å². The van der Waals surface area contributed by atoms with E-state index >= 15 is 0 Å². The van der Waals surface area contributed by atoms with Crippen molar-refractivity contribution in [2.75, 3.05) is 18.4 Å². The smallest absolute Gasteiger partial charge is 0.225 e. The molecule has 0 saturated carbocycles. The number of nitrogens with one attached hydrogen (secondary N) is 2. The van der Waals surface area contributed by atoms with Crippen LogP contribution < -0.4 is 10.6 Å². The van der Waals surface area contributed by atoms with E-state index in [1.54, 1.807) is 5.51 Å². The Bertz CT molecular complexity index is 591. The van der Waals surface area contributed by atoms with Crippen LogP contribution in [-0.2, 0) is 4.79 Å². The van der Waals surface area contributed by atoms with E-state index in [0.29, 0.717) is 12.3 Å². The number of hydrogen-bond donors (Lipinski definition) is 2. The van der Waals surface area contributed by atoms with Crippen LogP contribution in [0.1, 0.15) is 19.3 Å². The first kappa shape index (κ1) is 14.2. The average molecular weight is 301 g/mol. The van der Waals surface area contributed by atoms with Crippen molar-refractivity contribution in [1.29, 1.82) is 0 Å². The van der Waals surface area contributed by atoms with Gasteiger partial charge in [-0.1, -0.05) is 30.3 Å². The topological polar surface area (TPSA) is 54.0 Å². The predicted octanol–water partition coefficient (Wildman–Crippen LogP) is 3.14. The molecule has 1 saturated heterocycles. The third-order valence-corrected chi connectivity index (χ3v) is 4.55. The molecule has 5 heteroatoms. The average Bonchev–Trinajstić information content (AvgIpc) is 3.17. The standard InChI is InChI=1S/C16H19N3OS/c20-14(7-6-12-8-9-17-10-12)19-16-15(18-11-21-16)13-4-2-1-3-5-13/h1-5,11-12,17H,6-10H2,(H,19,20). The molecule has 2 heterocycles. The summed E-state index contributed by atoms with van der Waals surface area (Å²) < 4.78 is 0. The number of amides is 1. The third-order valence-electron chi connectivity index (χ3n) is 3.81. The molecule has 1 aliphatic rings. The lowest BCUT2D eigenvalue weighted by Crippen LogP contribution is -2.14. The highest BCUT2D eigenvalue weighted by molar-refractivity contribution is 7.14. The Morgan fingerprint density at radius 1 is 1.38 bits per heavy atom. The Hall–Kier alpha value is -1.72. The van der Waals surface area contributed by atoms with Crippen molar-refractivity contribution >= 4 is 22.2 Å². The summed E-state index contributed by atoms with van der Waals surface area (Å²) in [6.07, 6.45) is 2.72. The third kappa shape index (κ3) is 3.68. The van der Waals surface area contributed by atoms with Gasteiger partial charge in [0.05, 0.1) is 5.51 Å². The Kier molecular flexibility index (Phi) is 4.62. The molecule has 1 aromatic heterocycles. The van der Waals surface area contributed by atoms with Gasteiger partial charge in [-0.05, 0) is 31.8 Å². The highest BCUT2D eigenvalue weighted by Gasteiger charge is 2.17. The molecule has 1 aliphatic heterocycles. The quantitative estimate of drug-likeness (QED) is 0.892. The van der Waals surface area contributed by atoms with Crippen molar-refractivity contribution < 1.29 is 4.79 Å². The molecule has 1 fully saturated rings. The molecule has 2 aromatic rings. The van der Waals surface area contributed by atoms with Gasteiger partial charge in [0, 0.05) is 12.0 Å². The first-order chi connectivity index (χ1) is 10.3. The maximum Gasteiger partial charge on any atom is 0.225 e. The van der Waals surface area contributed by atoms with E-state index in [9.17, 15) is 4.79 Å². The van der Waals surface area contributed by atoms with Crippen molar-refractivity contribution in [2.24, 2.45) is 5.92 Å². The van der Waals surface area contributed by atoms with Gasteiger partial charge < -0.3 is 10.6 Å². The molecule has 1 atom stereocenters. The highest BCUT2D eigenvalue weighted by Crippen LogP contribution is 2.30. The van der Waals surface area contributed by atoms with Gasteiger partial charge >= 0.3 is 0 Å². The van der Waals surface area contributed by atoms with Crippen molar-refractivity contribution in [3.05, 3.63) is 35.8 Å². The fourth-order valence-electron chi connectivity index (χ4n) is 2.62. The zero-order chi connectivity index (χ0) is 14.5. The Morgan fingerprint density at radius 2 is 2.24 bits per heavy atom. The van der Waals surface area contributed by atoms with E-state index in [2.05, 4.69) is 15.6 Å². The molecular formula is C16H19N3OS. The first-order valence-corrected chi connectivity index (χ1v) is 8.20. The normalized spacial score (nSPS) is 17.8. The summed E-state index contributed by atoms with van der Waals surface area (Å²) in [6.45, 7) is 2.13. The first-order valence-electron chi connectivity index (χ1n) is 7.32. The van der Waals surface area contributed by atoms with Crippen LogP contribution in [0.3, 0.4) is 0 Å². The van der Waals surface area contributed by atoms with Crippen molar-refractivity contribution in [3.63, 3.8) is 0 Å². The van der Waals surface area contributed by atoms with E-state index < -0.39 is 0 Å². The van der Waals surface area contributed by atoms with Crippen LogP contribution in [0, 0.1) is 5.92 Å². The molecular weight excluding hydrogens is 282 g/mol. The van der Waals surface area contributed by atoms with Crippen LogP contribution in [0.4, 0.5) is 5.00 Å². The largest absolute Gasteiger partial charge is 0.316 e. The van der Waals surface area contributed by atoms with Crippen LogP contribution in [0.15, 0.2) is 35.8 Å². The van der Waals surface area contributed by atoms with Gasteiger partial charge in [-0.2, -0.15) is 0 Å². The number of aromatic nitrogens is 1. The van der Waals surface area contributed by atoms with Crippen molar-refractivity contribution in [2.45, 2.75) is 19.3 Å². The van der Waals surface area contributed by atoms with Crippen LogP contribution in [0.25, 0.3) is 11.3 Å². The minimum atomic E-state index is 0.0864. The minimum Gasteiger partial charge on any atom is -0.316 e. The fraction of sp³-hybridized carbons (Fsp3) is 0.375. The zero-order valence-corrected chi connectivity index (χ0v) is 12.7. The Morgan fingerprint density at radius 3 is 3.00 bits per heavy atom. The molecule has 110 valence electrons. The van der Waals surface area contributed by atoms with E-state index in [4.69, 9.17) is 0 Å². The minimum absolute atomic E-state index is 0.0864. The molecule has 1 amide bonds. The number of hydrogen-bond acceptors (Lipinski definition) is 4. The maximum absolute atomic E-state index is 12.1. The van der Waals surface area contributed by atoms with Crippen LogP contribution in [-0.4, -0.2) is 24.0 Å². The lowest BCUT2D eigenvalue weighted by molar-refractivity contribution is -0.116. The van der Waals surface area contributed by atoms with E-state index in [1.165, 1.54) is 17.8 Å². The van der Waals surface area contributed by atoms with Crippen LogP contribution in [0.5, 0.6) is 0 Å². The molecule has 0 aliphatic carbocycles. The molecule has 0 bridgehead atoms. The maximum atomic E-state index is 12.1. The highest BCUT2D eigenvalue weighted by atomic mass is 32.1. The summed E-state index contributed by atoms with van der Waals surface area (Å²) in [4.78, 5) is 16.5. The van der Waals surface area contributed by atoms with Gasteiger partial charge in [0.25, 0.3) is 0 Å².